The molecule has 3 aliphatic rings. The number of hydrogen-bond donors (Lipinski definition) is 1. The van der Waals surface area contributed by atoms with Crippen molar-refractivity contribution in [3.63, 3.8) is 0 Å². The van der Waals surface area contributed by atoms with Crippen LogP contribution >= 0.6 is 0 Å². The number of amides is 3. The first-order chi connectivity index (χ1) is 10.6. The van der Waals surface area contributed by atoms with Gasteiger partial charge in [0.2, 0.25) is 0 Å². The predicted octanol–water partition coefficient (Wildman–Crippen LogP) is 1.14. The molecule has 3 heterocycles. The van der Waals surface area contributed by atoms with Crippen molar-refractivity contribution in [2.45, 2.75) is 18.4 Å². The number of nitrogens with zero attached hydrogens (tertiary/aromatic N) is 3. The molecule has 2 saturated heterocycles. The fourth-order valence-corrected chi connectivity index (χ4v) is 3.40. The number of nitrogens with one attached hydrogen (secondary N) is 1. The second-order valence-corrected chi connectivity index (χ2v) is 5.72. The van der Waals surface area contributed by atoms with Crippen molar-refractivity contribution in [3.05, 3.63) is 18.2 Å². The van der Waals surface area contributed by atoms with Gasteiger partial charge in [-0.15, -0.1) is 0 Å². The van der Waals surface area contributed by atoms with Crippen molar-refractivity contribution in [1.82, 2.24) is 10.2 Å². The molecule has 0 radical (unpaired) electrons. The van der Waals surface area contributed by atoms with E-state index < -0.39 is 5.54 Å². The standard InChI is InChI=1S/C15H15N4O3/c1-18-13(20)15(4-6-16-7-5-15)19(14(18)21)10-2-3-12-11(8-10)17-9-22-12/h2-3,8,16H,4-7H2,1H3/q+1. The van der Waals surface area contributed by atoms with Gasteiger partial charge in [0.15, 0.2) is 0 Å². The topological polar surface area (TPSA) is 74.2 Å². The molecule has 1 spiro atoms. The Morgan fingerprint density at radius 1 is 1.32 bits per heavy atom. The number of ether oxygens (including phenoxy) is 1. The molecule has 0 bridgehead atoms. The molecule has 0 saturated carbocycles. The highest BCUT2D eigenvalue weighted by Crippen LogP contribution is 2.42. The lowest BCUT2D eigenvalue weighted by Gasteiger charge is -2.38. The number of carbonyl (C=O) groups excluding carboxylic acids is 2. The van der Waals surface area contributed by atoms with Gasteiger partial charge in [0.25, 0.3) is 11.6 Å². The number of urea groups is 1. The van der Waals surface area contributed by atoms with Gasteiger partial charge in [0.05, 0.1) is 17.8 Å². The van der Waals surface area contributed by atoms with E-state index in [4.69, 9.17) is 4.74 Å². The molecule has 1 aromatic rings. The zero-order valence-corrected chi connectivity index (χ0v) is 12.1. The van der Waals surface area contributed by atoms with Crippen LogP contribution in [0, 0.1) is 0 Å². The number of likely N-dealkylation sites (N-methyl/N-ethyl adjacent to an activating group) is 1. The minimum absolute atomic E-state index is 0.134. The Labute approximate surface area is 127 Å². The average Bonchev–Trinajstić information content (AvgIpc) is 3.07. The molecule has 7 heteroatoms. The van der Waals surface area contributed by atoms with E-state index in [0.29, 0.717) is 43.1 Å². The van der Waals surface area contributed by atoms with Crippen LogP contribution in [0.1, 0.15) is 12.8 Å². The van der Waals surface area contributed by atoms with Gasteiger partial charge in [-0.25, -0.2) is 4.79 Å². The number of carbonyl (C=O) groups is 2. The van der Waals surface area contributed by atoms with Crippen LogP contribution < -0.4 is 15.0 Å². The predicted molar refractivity (Wildman–Crippen MR) is 79.6 cm³/mol. The van der Waals surface area contributed by atoms with Crippen molar-refractivity contribution in [2.75, 3.05) is 25.0 Å². The first-order valence-electron chi connectivity index (χ1n) is 7.23. The van der Waals surface area contributed by atoms with Crippen LogP contribution in [0.5, 0.6) is 5.75 Å². The zero-order valence-electron chi connectivity index (χ0n) is 12.1. The van der Waals surface area contributed by atoms with Crippen molar-refractivity contribution < 1.29 is 14.3 Å². The Hall–Kier alpha value is -2.50. The minimum atomic E-state index is -0.793. The lowest BCUT2D eigenvalue weighted by Crippen LogP contribution is -2.56. The monoisotopic (exact) mass is 299 g/mol. The number of benzene rings is 1. The number of imide groups is 1. The van der Waals surface area contributed by atoms with Gasteiger partial charge in [-0.1, -0.05) is 0 Å². The van der Waals surface area contributed by atoms with Gasteiger partial charge in [-0.3, -0.25) is 19.3 Å². The Bertz CT molecular complexity index is 694. The molecule has 112 valence electrons. The van der Waals surface area contributed by atoms with Gasteiger partial charge in [0, 0.05) is 7.05 Å². The van der Waals surface area contributed by atoms with Crippen LogP contribution in [-0.4, -0.2) is 48.9 Å². The van der Waals surface area contributed by atoms with Crippen LogP contribution in [0.3, 0.4) is 0 Å². The molecule has 3 aliphatic heterocycles. The Morgan fingerprint density at radius 2 is 2.09 bits per heavy atom. The molecule has 0 aliphatic carbocycles. The molecule has 7 nitrogen and oxygen atoms in total. The van der Waals surface area contributed by atoms with E-state index in [1.165, 1.54) is 11.9 Å². The van der Waals surface area contributed by atoms with E-state index in [-0.39, 0.29) is 11.9 Å². The van der Waals surface area contributed by atoms with E-state index in [1.54, 1.807) is 23.1 Å². The highest BCUT2D eigenvalue weighted by molar-refractivity contribution is 6.16. The fraction of sp³-hybridized carbons (Fsp3) is 0.400. The molecule has 0 unspecified atom stereocenters. The molecule has 2 fully saturated rings. The molecule has 0 aromatic heterocycles. The van der Waals surface area contributed by atoms with Gasteiger partial charge in [-0.2, -0.15) is 0 Å². The molecule has 4 rings (SSSR count). The van der Waals surface area contributed by atoms with Gasteiger partial charge in [0.1, 0.15) is 5.54 Å². The highest BCUT2D eigenvalue weighted by Gasteiger charge is 2.57. The number of anilines is 1. The van der Waals surface area contributed by atoms with E-state index in [0.717, 1.165) is 0 Å². The fourth-order valence-electron chi connectivity index (χ4n) is 3.40. The average molecular weight is 299 g/mol. The third-order valence-corrected chi connectivity index (χ3v) is 4.56. The first kappa shape index (κ1) is 13.2. The SMILES string of the molecule is CN1C(=O)N(c2ccc3c(c2)N=[C+]O3)C2(CCNCC2)C1=O. The number of rotatable bonds is 1. The van der Waals surface area contributed by atoms with Crippen LogP contribution in [0.15, 0.2) is 23.2 Å². The Morgan fingerprint density at radius 3 is 2.86 bits per heavy atom. The van der Waals surface area contributed by atoms with Crippen LogP contribution in [0.2, 0.25) is 0 Å². The van der Waals surface area contributed by atoms with E-state index in [2.05, 4.69) is 16.7 Å². The highest BCUT2D eigenvalue weighted by atomic mass is 16.5. The summed E-state index contributed by atoms with van der Waals surface area (Å²) >= 11 is 0. The molecule has 22 heavy (non-hydrogen) atoms. The summed E-state index contributed by atoms with van der Waals surface area (Å²) in [5.74, 6) is 0.472. The Kier molecular flexibility index (Phi) is 2.69. The van der Waals surface area contributed by atoms with Gasteiger partial charge in [-0.05, 0) is 37.0 Å². The van der Waals surface area contributed by atoms with Crippen LogP contribution in [-0.2, 0) is 4.79 Å². The van der Waals surface area contributed by atoms with E-state index >= 15 is 0 Å². The second kappa shape index (κ2) is 4.50. The summed E-state index contributed by atoms with van der Waals surface area (Å²) in [6.07, 6.45) is 3.64. The summed E-state index contributed by atoms with van der Waals surface area (Å²) in [6.45, 7) is 1.42. The van der Waals surface area contributed by atoms with Crippen molar-refractivity contribution in [3.8, 4) is 5.75 Å². The lowest BCUT2D eigenvalue weighted by molar-refractivity contribution is -0.130. The van der Waals surface area contributed by atoms with Gasteiger partial charge >= 0.3 is 18.2 Å². The summed E-state index contributed by atoms with van der Waals surface area (Å²) < 4.78 is 5.11. The van der Waals surface area contributed by atoms with E-state index in [9.17, 15) is 9.59 Å². The lowest BCUT2D eigenvalue weighted by atomic mass is 9.86. The maximum atomic E-state index is 12.7. The molecular formula is C15H15N4O3+. The first-order valence-corrected chi connectivity index (χ1v) is 7.23. The summed E-state index contributed by atoms with van der Waals surface area (Å²) in [5.41, 5.74) is 0.494. The maximum Gasteiger partial charge on any atom is 0.370 e. The largest absolute Gasteiger partial charge is 0.370 e. The molecular weight excluding hydrogens is 284 g/mol. The number of hydrogen-bond acceptors (Lipinski definition) is 5. The normalized spacial score (nSPS) is 22.0. The van der Waals surface area contributed by atoms with Crippen LogP contribution in [0.4, 0.5) is 16.2 Å². The quantitative estimate of drug-likeness (QED) is 0.623. The van der Waals surface area contributed by atoms with Gasteiger partial charge < -0.3 is 5.32 Å². The third-order valence-electron chi connectivity index (χ3n) is 4.56. The smallest absolute Gasteiger partial charge is 0.317 e. The zero-order chi connectivity index (χ0) is 15.3. The third kappa shape index (κ3) is 1.60. The Balaban J connectivity index is 1.82. The minimum Gasteiger partial charge on any atom is -0.317 e. The van der Waals surface area contributed by atoms with Crippen molar-refractivity contribution >= 4 is 29.7 Å². The second-order valence-electron chi connectivity index (χ2n) is 5.72. The van der Waals surface area contributed by atoms with E-state index in [1.807, 2.05) is 0 Å². The summed E-state index contributed by atoms with van der Waals surface area (Å²) in [7, 11) is 1.54. The maximum absolute atomic E-state index is 12.7. The van der Waals surface area contributed by atoms with Crippen molar-refractivity contribution in [1.29, 1.82) is 0 Å². The molecule has 3 amide bonds. The summed E-state index contributed by atoms with van der Waals surface area (Å²) in [4.78, 5) is 32.1. The van der Waals surface area contributed by atoms with Crippen LogP contribution in [0.25, 0.3) is 0 Å². The summed E-state index contributed by atoms with van der Waals surface area (Å²) in [5, 5.41) is 3.24. The number of piperidine rings is 1. The molecule has 1 N–H and O–H groups in total. The molecule has 1 aromatic carbocycles. The van der Waals surface area contributed by atoms with Crippen molar-refractivity contribution in [2.24, 2.45) is 4.99 Å². The number of aliphatic imine (C=N–C) groups is 1. The number of fused-ring (bicyclic) bond motifs is 1. The molecule has 0 atom stereocenters. The summed E-state index contributed by atoms with van der Waals surface area (Å²) in [6, 6.07) is 5.01.